The van der Waals surface area contributed by atoms with E-state index in [1.54, 1.807) is 4.35 Å². The summed E-state index contributed by atoms with van der Waals surface area (Å²) in [4.78, 5) is 0. The Labute approximate surface area is 63.2 Å². The maximum atomic E-state index is 2.21. The molecule has 0 saturated carbocycles. The van der Waals surface area contributed by atoms with Gasteiger partial charge in [-0.3, -0.25) is 0 Å². The zero-order chi connectivity index (χ0) is 5.82. The van der Waals surface area contributed by atoms with E-state index in [0.29, 0.717) is 0 Å². The molecule has 2 atom stereocenters. The Bertz CT molecular complexity index is 148. The molecular weight excluding hydrogens is 222 g/mol. The van der Waals surface area contributed by atoms with E-state index in [1.807, 2.05) is 14.8 Å². The van der Waals surface area contributed by atoms with Crippen molar-refractivity contribution in [1.82, 2.24) is 0 Å². The van der Waals surface area contributed by atoms with Crippen LogP contribution >= 0.6 is 0 Å². The molecule has 0 aliphatic carbocycles. The van der Waals surface area contributed by atoms with E-state index in [4.69, 9.17) is 0 Å². The summed E-state index contributed by atoms with van der Waals surface area (Å²) in [5, 5.41) is 0. The Hall–Kier alpha value is 0.337. The standard InChI is InChI=1S/C6H8As2/c7-8-6-4-2-1-3-5-6/h1-5,8H,7H2. The van der Waals surface area contributed by atoms with E-state index in [-0.39, 0.29) is 13.7 Å². The molecule has 1 rings (SSSR count). The van der Waals surface area contributed by atoms with E-state index in [1.165, 1.54) is 0 Å². The molecule has 0 nitrogen and oxygen atoms in total. The van der Waals surface area contributed by atoms with Gasteiger partial charge < -0.3 is 0 Å². The zero-order valence-electron chi connectivity index (χ0n) is 4.46. The van der Waals surface area contributed by atoms with Gasteiger partial charge in [-0.05, 0) is 0 Å². The first kappa shape index (κ1) is 6.46. The second-order valence-corrected chi connectivity index (χ2v) is 6.47. The van der Waals surface area contributed by atoms with E-state index in [0.717, 1.165) is 0 Å². The van der Waals surface area contributed by atoms with Crippen molar-refractivity contribution in [3.8, 4) is 0 Å². The minimum absolute atomic E-state index is 0.259. The normalized spacial score (nSPS) is 10.6. The van der Waals surface area contributed by atoms with Crippen LogP contribution in [0.5, 0.6) is 0 Å². The third-order valence-electron chi connectivity index (χ3n) is 0.940. The van der Waals surface area contributed by atoms with Crippen LogP contribution in [-0.2, 0) is 0 Å². The number of hydrogen-bond acceptors (Lipinski definition) is 0. The summed E-state index contributed by atoms with van der Waals surface area (Å²) in [6.45, 7) is 0. The van der Waals surface area contributed by atoms with Crippen LogP contribution in [-0.4, -0.2) is 28.5 Å². The van der Waals surface area contributed by atoms with Crippen molar-refractivity contribution in [2.75, 3.05) is 0 Å². The van der Waals surface area contributed by atoms with Crippen molar-refractivity contribution in [2.24, 2.45) is 0 Å². The fourth-order valence-electron chi connectivity index (χ4n) is 0.534. The van der Waals surface area contributed by atoms with Gasteiger partial charge >= 0.3 is 63.2 Å². The van der Waals surface area contributed by atoms with E-state index in [2.05, 4.69) is 30.3 Å². The zero-order valence-corrected chi connectivity index (χ0v) is 8.98. The molecule has 0 radical (unpaired) electrons. The van der Waals surface area contributed by atoms with E-state index in [9.17, 15) is 0 Å². The first-order valence-electron chi connectivity index (χ1n) is 2.45. The quantitative estimate of drug-likeness (QED) is 0.559. The van der Waals surface area contributed by atoms with Gasteiger partial charge in [0.1, 0.15) is 0 Å². The van der Waals surface area contributed by atoms with E-state index >= 15 is 0 Å². The fourth-order valence-corrected chi connectivity index (χ4v) is 3.44. The Morgan fingerprint density at radius 3 is 2.12 bits per heavy atom. The molecule has 8 heavy (non-hydrogen) atoms. The summed E-state index contributed by atoms with van der Waals surface area (Å²) >= 11 is 2.15. The molecule has 0 spiro atoms. The van der Waals surface area contributed by atoms with Crippen molar-refractivity contribution in [1.29, 1.82) is 0 Å². The van der Waals surface area contributed by atoms with Crippen LogP contribution in [0.2, 0.25) is 0 Å². The Morgan fingerprint density at radius 1 is 1.12 bits per heavy atom. The molecule has 0 aromatic heterocycles. The van der Waals surface area contributed by atoms with E-state index < -0.39 is 0 Å². The van der Waals surface area contributed by atoms with Gasteiger partial charge in [0.25, 0.3) is 0 Å². The molecule has 1 aromatic rings. The SMILES string of the molecule is [AsH2][AsH]c1ccccc1. The molecule has 0 aliphatic rings. The van der Waals surface area contributed by atoms with Gasteiger partial charge in [-0.2, -0.15) is 0 Å². The van der Waals surface area contributed by atoms with Crippen LogP contribution in [0.15, 0.2) is 30.3 Å². The summed E-state index contributed by atoms with van der Waals surface area (Å²) in [5.41, 5.74) is 0. The molecule has 0 aliphatic heterocycles. The Balaban J connectivity index is 2.83. The first-order chi connectivity index (χ1) is 3.93. The van der Waals surface area contributed by atoms with Gasteiger partial charge in [0, 0.05) is 0 Å². The summed E-state index contributed by atoms with van der Waals surface area (Å²) in [7, 11) is 0. The summed E-state index contributed by atoms with van der Waals surface area (Å²) in [5.74, 6) is 0. The molecule has 1 aromatic carbocycles. The minimum atomic E-state index is 0.259. The molecule has 0 heterocycles. The van der Waals surface area contributed by atoms with Crippen molar-refractivity contribution >= 4 is 32.8 Å². The van der Waals surface area contributed by atoms with Crippen molar-refractivity contribution in [3.05, 3.63) is 30.3 Å². The number of hydrogen-bond donors (Lipinski definition) is 0. The molecule has 42 valence electrons. The monoisotopic (exact) mass is 230 g/mol. The maximum absolute atomic E-state index is 2.21. The molecule has 0 saturated heterocycles. The predicted octanol–water partition coefficient (Wildman–Crippen LogP) is -0.704. The topological polar surface area (TPSA) is 0 Å². The van der Waals surface area contributed by atoms with Crippen LogP contribution in [0, 0.1) is 0 Å². The molecule has 2 unspecified atom stereocenters. The molecule has 0 fully saturated rings. The van der Waals surface area contributed by atoms with Gasteiger partial charge in [-0.1, -0.05) is 0 Å². The summed E-state index contributed by atoms with van der Waals surface area (Å²) in [6, 6.07) is 10.7. The predicted molar refractivity (Wildman–Crippen MR) is 41.8 cm³/mol. The molecular formula is C6H8As2. The Morgan fingerprint density at radius 2 is 1.75 bits per heavy atom. The van der Waals surface area contributed by atoms with Gasteiger partial charge in [0.15, 0.2) is 0 Å². The first-order valence-corrected chi connectivity index (χ1v) is 11.0. The molecule has 2 heteroatoms. The second-order valence-electron chi connectivity index (χ2n) is 1.51. The fraction of sp³-hybridized carbons (Fsp3) is 0. The van der Waals surface area contributed by atoms with Crippen LogP contribution < -0.4 is 4.35 Å². The van der Waals surface area contributed by atoms with Crippen LogP contribution in [0.25, 0.3) is 0 Å². The summed E-state index contributed by atoms with van der Waals surface area (Å²) < 4.78 is 1.56. The van der Waals surface area contributed by atoms with Crippen LogP contribution in [0.1, 0.15) is 0 Å². The van der Waals surface area contributed by atoms with Crippen LogP contribution in [0.4, 0.5) is 0 Å². The van der Waals surface area contributed by atoms with Gasteiger partial charge in [-0.15, -0.1) is 0 Å². The second kappa shape index (κ2) is 3.38. The number of rotatable bonds is 1. The van der Waals surface area contributed by atoms with Crippen molar-refractivity contribution < 1.29 is 0 Å². The average molecular weight is 230 g/mol. The molecule has 0 N–H and O–H groups in total. The van der Waals surface area contributed by atoms with Crippen molar-refractivity contribution in [3.63, 3.8) is 0 Å². The van der Waals surface area contributed by atoms with Gasteiger partial charge in [0.05, 0.1) is 0 Å². The Kier molecular flexibility index (Phi) is 2.73. The summed E-state index contributed by atoms with van der Waals surface area (Å²) in [6.07, 6.45) is 0. The molecule has 0 amide bonds. The molecule has 0 bridgehead atoms. The van der Waals surface area contributed by atoms with Crippen molar-refractivity contribution in [2.45, 2.75) is 0 Å². The van der Waals surface area contributed by atoms with Gasteiger partial charge in [-0.25, -0.2) is 0 Å². The third-order valence-corrected chi connectivity index (χ3v) is 5.97. The van der Waals surface area contributed by atoms with Gasteiger partial charge in [0.2, 0.25) is 0 Å². The van der Waals surface area contributed by atoms with Crippen LogP contribution in [0.3, 0.4) is 0 Å². The third kappa shape index (κ3) is 1.69. The average Bonchev–Trinajstić information content (AvgIpc) is 1.90. The number of benzene rings is 1.